The fourth-order valence-corrected chi connectivity index (χ4v) is 5.60. The number of thioether (sulfide) groups is 1. The highest BCUT2D eigenvalue weighted by atomic mass is 35.5. The van der Waals surface area contributed by atoms with E-state index in [4.69, 9.17) is 9.26 Å². The first-order valence-electron chi connectivity index (χ1n) is 11.5. The summed E-state index contributed by atoms with van der Waals surface area (Å²) in [6.45, 7) is 6.84. The number of aryl methyl sites for hydroxylation is 1. The van der Waals surface area contributed by atoms with E-state index in [1.807, 2.05) is 24.8 Å². The zero-order valence-electron chi connectivity index (χ0n) is 19.3. The fourth-order valence-electron chi connectivity index (χ4n) is 4.69. The van der Waals surface area contributed by atoms with Gasteiger partial charge in [-0.2, -0.15) is 0 Å². The Kier molecular flexibility index (Phi) is 8.11. The van der Waals surface area contributed by atoms with Crippen molar-refractivity contribution in [1.29, 1.82) is 0 Å². The van der Waals surface area contributed by atoms with Crippen molar-refractivity contribution in [3.8, 4) is 11.3 Å². The van der Waals surface area contributed by atoms with Gasteiger partial charge < -0.3 is 18.7 Å². The predicted octanol–water partition coefficient (Wildman–Crippen LogP) is 4.29. The lowest BCUT2D eigenvalue weighted by Crippen LogP contribution is -2.28. The number of benzene rings is 1. The van der Waals surface area contributed by atoms with Gasteiger partial charge in [0.05, 0.1) is 0 Å². The molecule has 5 rings (SSSR count). The van der Waals surface area contributed by atoms with E-state index in [2.05, 4.69) is 50.1 Å². The maximum atomic E-state index is 5.49. The van der Waals surface area contributed by atoms with Crippen molar-refractivity contribution in [1.82, 2.24) is 24.8 Å². The molecule has 0 spiro atoms. The molecule has 33 heavy (non-hydrogen) atoms. The van der Waals surface area contributed by atoms with Gasteiger partial charge in [0, 0.05) is 63.2 Å². The van der Waals surface area contributed by atoms with Crippen LogP contribution in [-0.4, -0.2) is 63.4 Å². The van der Waals surface area contributed by atoms with Gasteiger partial charge in [-0.25, -0.2) is 0 Å². The largest absolute Gasteiger partial charge is 0.381 e. The molecule has 0 saturated carbocycles. The predicted molar refractivity (Wildman–Crippen MR) is 132 cm³/mol. The lowest BCUT2D eigenvalue weighted by Gasteiger charge is -2.21. The Morgan fingerprint density at radius 1 is 1.06 bits per heavy atom. The first-order valence-corrected chi connectivity index (χ1v) is 12.5. The Hall–Kier alpha value is -1.87. The summed E-state index contributed by atoms with van der Waals surface area (Å²) in [5, 5.41) is 14.2. The van der Waals surface area contributed by atoms with Crippen LogP contribution in [0.3, 0.4) is 0 Å². The number of hydrogen-bond acceptors (Lipinski definition) is 7. The van der Waals surface area contributed by atoms with Gasteiger partial charge in [0.25, 0.3) is 0 Å². The molecule has 4 heterocycles. The Morgan fingerprint density at radius 3 is 2.61 bits per heavy atom. The number of aromatic nitrogens is 4. The van der Waals surface area contributed by atoms with Crippen molar-refractivity contribution in [3.63, 3.8) is 0 Å². The van der Waals surface area contributed by atoms with E-state index < -0.39 is 0 Å². The van der Waals surface area contributed by atoms with Crippen LogP contribution in [0.5, 0.6) is 0 Å². The zero-order valence-corrected chi connectivity index (χ0v) is 21.0. The maximum absolute atomic E-state index is 5.49. The van der Waals surface area contributed by atoms with Crippen LogP contribution < -0.4 is 0 Å². The summed E-state index contributed by atoms with van der Waals surface area (Å²) < 4.78 is 12.9. The molecular formula is C24H32ClN5O2S. The van der Waals surface area contributed by atoms with E-state index in [0.29, 0.717) is 5.92 Å². The van der Waals surface area contributed by atoms with Gasteiger partial charge in [-0.3, -0.25) is 0 Å². The number of hydrogen-bond donors (Lipinski definition) is 0. The number of rotatable bonds is 6. The minimum Gasteiger partial charge on any atom is -0.381 e. The van der Waals surface area contributed by atoms with Crippen LogP contribution in [-0.2, 0) is 24.6 Å². The molecular weight excluding hydrogens is 458 g/mol. The Balaban J connectivity index is 0.00000259. The van der Waals surface area contributed by atoms with Crippen LogP contribution in [0.25, 0.3) is 11.3 Å². The summed E-state index contributed by atoms with van der Waals surface area (Å²) in [4.78, 5) is 2.57. The summed E-state index contributed by atoms with van der Waals surface area (Å²) in [6, 6.07) is 8.74. The number of ether oxygens (including phenoxy) is 1. The van der Waals surface area contributed by atoms with Crippen molar-refractivity contribution in [2.24, 2.45) is 7.05 Å². The van der Waals surface area contributed by atoms with Crippen LogP contribution in [0.15, 0.2) is 33.9 Å². The first-order chi connectivity index (χ1) is 15.7. The third-order valence-corrected chi connectivity index (χ3v) is 7.62. The SMILES string of the molecule is Cc1cc(-c2ccc3c(c2)CCN(CCSc2nnc(C4CCOCC4)n2C)CC3)no1.Cl. The average molecular weight is 490 g/mol. The normalized spacial score (nSPS) is 17.4. The Bertz CT molecular complexity index is 1060. The molecule has 1 saturated heterocycles. The fraction of sp³-hybridized carbons (Fsp3) is 0.542. The van der Waals surface area contributed by atoms with Gasteiger partial charge in [-0.05, 0) is 49.8 Å². The molecule has 2 aliphatic heterocycles. The first kappa shape index (κ1) is 24.3. The molecule has 0 atom stereocenters. The second-order valence-corrected chi connectivity index (χ2v) is 9.84. The number of fused-ring (bicyclic) bond motifs is 1. The molecule has 7 nitrogen and oxygen atoms in total. The van der Waals surface area contributed by atoms with Crippen LogP contribution in [0, 0.1) is 6.92 Å². The van der Waals surface area contributed by atoms with Crippen molar-refractivity contribution in [2.45, 2.75) is 43.7 Å². The third-order valence-electron chi connectivity index (χ3n) is 6.62. The molecule has 1 aromatic carbocycles. The highest BCUT2D eigenvalue weighted by Gasteiger charge is 2.22. The summed E-state index contributed by atoms with van der Waals surface area (Å²) in [6.07, 6.45) is 4.25. The second-order valence-electron chi connectivity index (χ2n) is 8.78. The van der Waals surface area contributed by atoms with Crippen LogP contribution in [0.4, 0.5) is 0 Å². The molecule has 178 valence electrons. The van der Waals surface area contributed by atoms with E-state index in [9.17, 15) is 0 Å². The molecule has 0 radical (unpaired) electrons. The highest BCUT2D eigenvalue weighted by Crippen LogP contribution is 2.28. The Morgan fingerprint density at radius 2 is 1.85 bits per heavy atom. The lowest BCUT2D eigenvalue weighted by atomic mass is 9.99. The van der Waals surface area contributed by atoms with Crippen molar-refractivity contribution in [3.05, 3.63) is 47.0 Å². The van der Waals surface area contributed by atoms with Gasteiger partial charge in [0.2, 0.25) is 0 Å². The van der Waals surface area contributed by atoms with E-state index in [1.54, 1.807) is 0 Å². The van der Waals surface area contributed by atoms with Crippen molar-refractivity contribution < 1.29 is 9.26 Å². The van der Waals surface area contributed by atoms with Gasteiger partial charge in [0.15, 0.2) is 5.16 Å². The molecule has 0 unspecified atom stereocenters. The molecule has 2 aromatic heterocycles. The van der Waals surface area contributed by atoms with E-state index in [-0.39, 0.29) is 12.4 Å². The topological polar surface area (TPSA) is 69.2 Å². The van der Waals surface area contributed by atoms with Crippen LogP contribution in [0.1, 0.15) is 41.5 Å². The second kappa shape index (κ2) is 11.0. The Labute approximate surface area is 205 Å². The minimum atomic E-state index is 0. The number of nitrogens with zero attached hydrogens (tertiary/aromatic N) is 5. The smallest absolute Gasteiger partial charge is 0.191 e. The molecule has 0 amide bonds. The zero-order chi connectivity index (χ0) is 21.9. The summed E-state index contributed by atoms with van der Waals surface area (Å²) in [7, 11) is 2.10. The minimum absolute atomic E-state index is 0. The lowest BCUT2D eigenvalue weighted by molar-refractivity contribution is 0.0828. The van der Waals surface area contributed by atoms with Crippen LogP contribution in [0.2, 0.25) is 0 Å². The van der Waals surface area contributed by atoms with E-state index >= 15 is 0 Å². The molecule has 0 bridgehead atoms. The summed E-state index contributed by atoms with van der Waals surface area (Å²) >= 11 is 1.82. The third kappa shape index (κ3) is 5.62. The molecule has 0 aliphatic carbocycles. The summed E-state index contributed by atoms with van der Waals surface area (Å²) in [5.41, 5.74) is 4.96. The molecule has 0 N–H and O–H groups in total. The van der Waals surface area contributed by atoms with E-state index in [0.717, 1.165) is 92.3 Å². The van der Waals surface area contributed by atoms with E-state index in [1.165, 1.54) is 11.1 Å². The number of halogens is 1. The molecule has 1 fully saturated rings. The van der Waals surface area contributed by atoms with Gasteiger partial charge in [0.1, 0.15) is 17.3 Å². The summed E-state index contributed by atoms with van der Waals surface area (Å²) in [5.74, 6) is 3.46. The monoisotopic (exact) mass is 489 g/mol. The molecule has 2 aliphatic rings. The standard InChI is InChI=1S/C24H31N5O2S.ClH/c1-17-15-22(27-31-17)21-4-3-18-5-9-29(10-6-20(18)16-21)11-14-32-24-26-25-23(28(24)2)19-7-12-30-13-8-19;/h3-4,15-16,19H,5-14H2,1-2H3;1H. The quantitative estimate of drug-likeness (QED) is 0.478. The van der Waals surface area contributed by atoms with Crippen molar-refractivity contribution in [2.75, 3.05) is 38.6 Å². The van der Waals surface area contributed by atoms with Gasteiger partial charge >= 0.3 is 0 Å². The molecule has 3 aromatic rings. The molecule has 9 heteroatoms. The maximum Gasteiger partial charge on any atom is 0.191 e. The average Bonchev–Trinajstić information content (AvgIpc) is 3.35. The highest BCUT2D eigenvalue weighted by molar-refractivity contribution is 7.99. The van der Waals surface area contributed by atoms with Gasteiger partial charge in [-0.1, -0.05) is 29.1 Å². The van der Waals surface area contributed by atoms with Crippen LogP contribution >= 0.6 is 24.2 Å². The van der Waals surface area contributed by atoms with Gasteiger partial charge in [-0.15, -0.1) is 22.6 Å². The van der Waals surface area contributed by atoms with Crippen molar-refractivity contribution >= 4 is 24.2 Å².